The van der Waals surface area contributed by atoms with Crippen molar-refractivity contribution in [3.8, 4) is 0 Å². The van der Waals surface area contributed by atoms with Crippen LogP contribution in [0.5, 0.6) is 0 Å². The van der Waals surface area contributed by atoms with E-state index in [0.717, 1.165) is 10.8 Å². The van der Waals surface area contributed by atoms with Gasteiger partial charge in [-0.15, -0.1) is 0 Å². The first-order valence-electron chi connectivity index (χ1n) is 5.45. The Bertz CT molecular complexity index is 196. The van der Waals surface area contributed by atoms with Crippen molar-refractivity contribution in [1.82, 2.24) is 0 Å². The lowest BCUT2D eigenvalue weighted by Crippen LogP contribution is -1.80. The van der Waals surface area contributed by atoms with Gasteiger partial charge in [0.2, 0.25) is 0 Å². The summed E-state index contributed by atoms with van der Waals surface area (Å²) in [6.45, 7) is 0. The second-order valence-corrected chi connectivity index (χ2v) is 5.30. The van der Waals surface area contributed by atoms with Gasteiger partial charge < -0.3 is 0 Å². The highest BCUT2D eigenvalue weighted by atomic mass is 15.2. The van der Waals surface area contributed by atoms with Gasteiger partial charge in [0.1, 0.15) is 0 Å². The van der Waals surface area contributed by atoms with Crippen LogP contribution >= 0.6 is 0 Å². The molecule has 5 aliphatic carbocycles. The van der Waals surface area contributed by atoms with Crippen molar-refractivity contribution >= 4 is 0 Å². The molecule has 0 radical (unpaired) electrons. The van der Waals surface area contributed by atoms with E-state index < -0.39 is 0 Å². The molecule has 0 heteroatoms. The number of hydrogen-bond donors (Lipinski definition) is 0. The molecule has 0 aromatic rings. The number of hydrogen-bond acceptors (Lipinski definition) is 0. The molecule has 0 unspecified atom stereocenters. The molecule has 0 bridgehead atoms. The lowest BCUT2D eigenvalue weighted by molar-refractivity contribution is 0.576. The molecule has 5 saturated carbocycles. The predicted octanol–water partition coefficient (Wildman–Crippen LogP) is 2.98. The van der Waals surface area contributed by atoms with E-state index in [1.54, 1.807) is 25.7 Å². The van der Waals surface area contributed by atoms with Crippen LogP contribution in [-0.4, -0.2) is 0 Å². The summed E-state index contributed by atoms with van der Waals surface area (Å²) < 4.78 is 0. The van der Waals surface area contributed by atoms with Crippen LogP contribution in [0.4, 0.5) is 0 Å². The van der Waals surface area contributed by atoms with Gasteiger partial charge in [-0.05, 0) is 35.5 Å². The van der Waals surface area contributed by atoms with Gasteiger partial charge in [-0.25, -0.2) is 0 Å². The van der Waals surface area contributed by atoms with Crippen molar-refractivity contribution in [3.63, 3.8) is 0 Å². The van der Waals surface area contributed by atoms with Gasteiger partial charge in [0.25, 0.3) is 0 Å². The van der Waals surface area contributed by atoms with Crippen LogP contribution in [0.3, 0.4) is 0 Å². The highest BCUT2D eigenvalue weighted by molar-refractivity contribution is 5.62. The van der Waals surface area contributed by atoms with Gasteiger partial charge in [-0.3, -0.25) is 0 Å². The van der Waals surface area contributed by atoms with Gasteiger partial charge in [0.15, 0.2) is 0 Å². The molecule has 0 N–H and O–H groups in total. The van der Waals surface area contributed by atoms with E-state index in [0.29, 0.717) is 0 Å². The van der Waals surface area contributed by atoms with E-state index >= 15 is 0 Å². The first-order chi connectivity index (χ1) is 5.45. The Morgan fingerprint density at radius 2 is 1.09 bits per heavy atom. The minimum atomic E-state index is 1.04. The second-order valence-electron chi connectivity index (χ2n) is 5.30. The predicted molar refractivity (Wildman–Crippen MR) is 44.2 cm³/mol. The largest absolute Gasteiger partial charge is 0.0533 e. The summed E-state index contributed by atoms with van der Waals surface area (Å²) in [6.07, 6.45) is 11.0. The lowest BCUT2D eigenvalue weighted by Gasteiger charge is -1.97. The number of rotatable bonds is 0. The monoisotopic (exact) mass is 148 g/mol. The Hall–Kier alpha value is 0. The SMILES string of the molecule is C1CCCC23C4C2C43CCC1. The van der Waals surface area contributed by atoms with Gasteiger partial charge in [0, 0.05) is 0 Å². The molecule has 0 aromatic heterocycles. The molecule has 0 heterocycles. The second kappa shape index (κ2) is 1.30. The quantitative estimate of drug-likeness (QED) is 0.495. The van der Waals surface area contributed by atoms with Crippen LogP contribution in [0.1, 0.15) is 44.9 Å². The molecule has 0 atom stereocenters. The summed E-state index contributed by atoms with van der Waals surface area (Å²) in [5.41, 5.74) is 2.08. The zero-order chi connectivity index (χ0) is 7.10. The van der Waals surface area contributed by atoms with Crippen LogP contribution < -0.4 is 0 Å². The Morgan fingerprint density at radius 3 is 1.64 bits per heavy atom. The third-order valence-electron chi connectivity index (χ3n) is 5.22. The molecule has 0 nitrogen and oxygen atoms in total. The van der Waals surface area contributed by atoms with E-state index in [2.05, 4.69) is 0 Å². The molecule has 5 aliphatic rings. The third-order valence-corrected chi connectivity index (χ3v) is 5.22. The lowest BCUT2D eigenvalue weighted by atomic mass is 10.1. The van der Waals surface area contributed by atoms with Gasteiger partial charge in [-0.1, -0.05) is 32.1 Å². The van der Waals surface area contributed by atoms with E-state index in [1.807, 2.05) is 0 Å². The Kier molecular flexibility index (Phi) is 0.661. The van der Waals surface area contributed by atoms with Gasteiger partial charge in [0.05, 0.1) is 0 Å². The van der Waals surface area contributed by atoms with Crippen molar-refractivity contribution in [2.75, 3.05) is 0 Å². The van der Waals surface area contributed by atoms with Crippen LogP contribution in [0.2, 0.25) is 0 Å². The highest BCUT2D eigenvalue weighted by Crippen LogP contribution is 3.20. The van der Waals surface area contributed by atoms with Crippen LogP contribution in [0.25, 0.3) is 0 Å². The molecule has 0 aromatic carbocycles. The first kappa shape index (κ1) is 5.61. The average Bonchev–Trinajstić information content (AvgIpc) is 2.82. The first-order valence-corrected chi connectivity index (χ1v) is 5.45. The molecule has 5 fully saturated rings. The summed E-state index contributed by atoms with van der Waals surface area (Å²) in [5, 5.41) is 0. The summed E-state index contributed by atoms with van der Waals surface area (Å²) in [6, 6.07) is 0. The van der Waals surface area contributed by atoms with Crippen molar-refractivity contribution in [2.24, 2.45) is 22.7 Å². The summed E-state index contributed by atoms with van der Waals surface area (Å²) in [7, 11) is 0. The van der Waals surface area contributed by atoms with Crippen molar-refractivity contribution in [3.05, 3.63) is 0 Å². The molecule has 0 aliphatic heterocycles. The Morgan fingerprint density at radius 1 is 0.636 bits per heavy atom. The average molecular weight is 148 g/mol. The maximum atomic E-state index is 1.63. The van der Waals surface area contributed by atoms with E-state index in [-0.39, 0.29) is 0 Å². The topological polar surface area (TPSA) is 0 Å². The minimum Gasteiger partial charge on any atom is -0.0533 e. The van der Waals surface area contributed by atoms with E-state index in [9.17, 15) is 0 Å². The van der Waals surface area contributed by atoms with E-state index in [1.165, 1.54) is 31.1 Å². The fourth-order valence-electron chi connectivity index (χ4n) is 4.41. The summed E-state index contributed by atoms with van der Waals surface area (Å²) >= 11 is 0. The molecule has 60 valence electrons. The smallest absolute Gasteiger partial charge is 0.0161 e. The standard InChI is InChI=1S/C11H16/c1-2-4-6-10-8-9(10)11(8,10)7-5-3-1/h8-9H,1-7H2. The Balaban J connectivity index is 1.57. The molecule has 11 heavy (non-hydrogen) atoms. The van der Waals surface area contributed by atoms with Crippen molar-refractivity contribution in [1.29, 1.82) is 0 Å². The summed E-state index contributed by atoms with van der Waals surface area (Å²) in [5.74, 6) is 2.60. The highest BCUT2D eigenvalue weighted by Gasteiger charge is 3.16. The van der Waals surface area contributed by atoms with Crippen LogP contribution in [0.15, 0.2) is 0 Å². The van der Waals surface area contributed by atoms with Crippen LogP contribution in [-0.2, 0) is 0 Å². The molecule has 2 spiro atoms. The van der Waals surface area contributed by atoms with Gasteiger partial charge >= 0.3 is 0 Å². The normalized spacial score (nSPS) is 69.8. The van der Waals surface area contributed by atoms with Gasteiger partial charge in [-0.2, -0.15) is 0 Å². The molecular formula is C11H16. The minimum absolute atomic E-state index is 1.04. The molecule has 0 amide bonds. The van der Waals surface area contributed by atoms with Crippen molar-refractivity contribution < 1.29 is 0 Å². The Labute approximate surface area is 68.4 Å². The summed E-state index contributed by atoms with van der Waals surface area (Å²) in [4.78, 5) is 0. The van der Waals surface area contributed by atoms with Crippen LogP contribution in [0, 0.1) is 22.7 Å². The molecule has 0 saturated heterocycles. The fourth-order valence-corrected chi connectivity index (χ4v) is 4.41. The maximum Gasteiger partial charge on any atom is -0.0161 e. The zero-order valence-electron chi connectivity index (χ0n) is 7.10. The molecular weight excluding hydrogens is 132 g/mol. The third kappa shape index (κ3) is 0.381. The maximum absolute atomic E-state index is 1.63. The van der Waals surface area contributed by atoms with E-state index in [4.69, 9.17) is 0 Å². The molecule has 5 rings (SSSR count). The van der Waals surface area contributed by atoms with Crippen molar-refractivity contribution in [2.45, 2.75) is 44.9 Å². The fraction of sp³-hybridized carbons (Fsp3) is 1.00. The zero-order valence-corrected chi connectivity index (χ0v) is 7.10.